The van der Waals surface area contributed by atoms with E-state index in [0.717, 1.165) is 18.4 Å². The summed E-state index contributed by atoms with van der Waals surface area (Å²) in [6, 6.07) is 14.3. The summed E-state index contributed by atoms with van der Waals surface area (Å²) in [4.78, 5) is 35.5. The summed E-state index contributed by atoms with van der Waals surface area (Å²) in [5.41, 5.74) is 4.63. The lowest BCUT2D eigenvalue weighted by atomic mass is 10.2. The molecule has 1 saturated heterocycles. The third-order valence-corrected chi connectivity index (χ3v) is 4.65. The van der Waals surface area contributed by atoms with Crippen molar-refractivity contribution in [3.63, 3.8) is 0 Å². The van der Waals surface area contributed by atoms with Crippen LogP contribution in [0, 0.1) is 6.92 Å². The maximum absolute atomic E-state index is 12.0. The molecule has 0 aromatic heterocycles. The number of anilines is 1. The van der Waals surface area contributed by atoms with E-state index >= 15 is 0 Å². The lowest BCUT2D eigenvalue weighted by Crippen LogP contribution is -2.41. The minimum Gasteiger partial charge on any atom is -0.484 e. The van der Waals surface area contributed by atoms with Crippen LogP contribution in [0.15, 0.2) is 53.6 Å². The van der Waals surface area contributed by atoms with Crippen LogP contribution in [-0.4, -0.2) is 49.8 Å². The first kappa shape index (κ1) is 23.0. The zero-order valence-corrected chi connectivity index (χ0v) is 17.8. The van der Waals surface area contributed by atoms with Gasteiger partial charge in [0.15, 0.2) is 6.61 Å². The Hall–Kier alpha value is -3.72. The molecule has 3 N–H and O–H groups in total. The van der Waals surface area contributed by atoms with E-state index < -0.39 is 11.8 Å². The number of aryl methyl sites for hydroxylation is 1. The van der Waals surface area contributed by atoms with Crippen LogP contribution in [0.1, 0.15) is 24.0 Å². The molecule has 0 saturated carbocycles. The van der Waals surface area contributed by atoms with Gasteiger partial charge in [-0.2, -0.15) is 5.10 Å². The summed E-state index contributed by atoms with van der Waals surface area (Å²) in [5, 5.41) is 9.07. The molecule has 9 heteroatoms. The average Bonchev–Trinajstić information content (AvgIpc) is 3.30. The van der Waals surface area contributed by atoms with Crippen molar-refractivity contribution >= 4 is 29.6 Å². The highest BCUT2D eigenvalue weighted by atomic mass is 16.5. The minimum atomic E-state index is -0.848. The summed E-state index contributed by atoms with van der Waals surface area (Å²) in [6.07, 6.45) is 3.20. The van der Waals surface area contributed by atoms with Crippen molar-refractivity contribution in [1.29, 1.82) is 0 Å². The van der Waals surface area contributed by atoms with Gasteiger partial charge in [0.25, 0.3) is 5.91 Å². The van der Waals surface area contributed by atoms with E-state index in [1.807, 2.05) is 31.2 Å². The quantitative estimate of drug-likeness (QED) is 0.330. The standard InChI is InChI=1S/C23H26N4O5/c1-16-4-2-5-18(12-16)26-21(28)15-32-19-9-7-17(8-10-19)13-25-27-23(30)22(29)24-14-20-6-3-11-31-20/h2,4-5,7-10,12-13,20H,3,6,11,14-15H2,1H3,(H,24,29)(H,26,28)(H,27,30)/b25-13-/t20-/m0/s1. The van der Waals surface area contributed by atoms with Crippen LogP contribution >= 0.6 is 0 Å². The molecule has 0 bridgehead atoms. The van der Waals surface area contributed by atoms with E-state index in [2.05, 4.69) is 21.2 Å². The minimum absolute atomic E-state index is 0.0374. The van der Waals surface area contributed by atoms with Crippen molar-refractivity contribution in [2.24, 2.45) is 5.10 Å². The highest BCUT2D eigenvalue weighted by Crippen LogP contribution is 2.13. The molecule has 1 aliphatic heterocycles. The Morgan fingerprint density at radius 2 is 1.97 bits per heavy atom. The van der Waals surface area contributed by atoms with Gasteiger partial charge < -0.3 is 20.1 Å². The number of hydrazone groups is 1. The summed E-state index contributed by atoms with van der Waals surface area (Å²) < 4.78 is 10.9. The molecule has 2 aromatic carbocycles. The third kappa shape index (κ3) is 7.51. The molecule has 168 valence electrons. The summed E-state index contributed by atoms with van der Waals surface area (Å²) in [7, 11) is 0. The van der Waals surface area contributed by atoms with Crippen LogP contribution in [0.25, 0.3) is 0 Å². The number of hydrogen-bond acceptors (Lipinski definition) is 6. The predicted molar refractivity (Wildman–Crippen MR) is 119 cm³/mol. The van der Waals surface area contributed by atoms with Crippen LogP contribution in [0.4, 0.5) is 5.69 Å². The second-order valence-electron chi connectivity index (χ2n) is 7.32. The number of ether oxygens (including phenoxy) is 2. The van der Waals surface area contributed by atoms with Crippen LogP contribution in [0.5, 0.6) is 5.75 Å². The van der Waals surface area contributed by atoms with E-state index in [1.165, 1.54) is 6.21 Å². The molecule has 1 atom stereocenters. The number of nitrogens with one attached hydrogen (secondary N) is 3. The largest absolute Gasteiger partial charge is 0.484 e. The Balaban J connectivity index is 1.37. The van der Waals surface area contributed by atoms with Gasteiger partial charge in [0.05, 0.1) is 12.3 Å². The smallest absolute Gasteiger partial charge is 0.329 e. The van der Waals surface area contributed by atoms with E-state index in [4.69, 9.17) is 9.47 Å². The van der Waals surface area contributed by atoms with Crippen molar-refractivity contribution < 1.29 is 23.9 Å². The highest BCUT2D eigenvalue weighted by molar-refractivity contribution is 6.35. The van der Waals surface area contributed by atoms with Gasteiger partial charge in [0, 0.05) is 18.8 Å². The van der Waals surface area contributed by atoms with E-state index in [-0.39, 0.29) is 18.6 Å². The van der Waals surface area contributed by atoms with Crippen molar-refractivity contribution in [1.82, 2.24) is 10.7 Å². The van der Waals surface area contributed by atoms with E-state index in [0.29, 0.717) is 30.2 Å². The molecule has 32 heavy (non-hydrogen) atoms. The van der Waals surface area contributed by atoms with Crippen molar-refractivity contribution in [2.45, 2.75) is 25.9 Å². The number of nitrogens with zero attached hydrogens (tertiary/aromatic N) is 1. The van der Waals surface area contributed by atoms with Gasteiger partial charge >= 0.3 is 11.8 Å². The van der Waals surface area contributed by atoms with Crippen molar-refractivity contribution in [2.75, 3.05) is 25.1 Å². The number of carbonyl (C=O) groups excluding carboxylic acids is 3. The molecular weight excluding hydrogens is 412 g/mol. The van der Waals surface area contributed by atoms with Gasteiger partial charge in [0.2, 0.25) is 0 Å². The molecule has 2 aromatic rings. The summed E-state index contributed by atoms with van der Waals surface area (Å²) in [5.74, 6) is -1.36. The number of amides is 3. The fourth-order valence-electron chi connectivity index (χ4n) is 3.03. The van der Waals surface area contributed by atoms with Gasteiger partial charge in [-0.1, -0.05) is 12.1 Å². The monoisotopic (exact) mass is 438 g/mol. The molecule has 0 spiro atoms. The van der Waals surface area contributed by atoms with Gasteiger partial charge in [-0.25, -0.2) is 5.43 Å². The first-order valence-electron chi connectivity index (χ1n) is 10.3. The maximum atomic E-state index is 12.0. The second-order valence-corrected chi connectivity index (χ2v) is 7.32. The van der Waals surface area contributed by atoms with Gasteiger partial charge in [-0.15, -0.1) is 0 Å². The Kier molecular flexibility index (Phi) is 8.33. The Morgan fingerprint density at radius 1 is 1.16 bits per heavy atom. The summed E-state index contributed by atoms with van der Waals surface area (Å²) >= 11 is 0. The lowest BCUT2D eigenvalue weighted by molar-refractivity contribution is -0.139. The SMILES string of the molecule is Cc1cccc(NC(=O)COc2ccc(/C=N\NC(=O)C(=O)NC[C@@H]3CCCO3)cc2)c1. The average molecular weight is 438 g/mol. The fourth-order valence-corrected chi connectivity index (χ4v) is 3.03. The zero-order chi connectivity index (χ0) is 22.8. The molecule has 9 nitrogen and oxygen atoms in total. The maximum Gasteiger partial charge on any atom is 0.329 e. The molecule has 3 rings (SSSR count). The van der Waals surface area contributed by atoms with Crippen molar-refractivity contribution in [3.05, 3.63) is 59.7 Å². The fraction of sp³-hybridized carbons (Fsp3) is 0.304. The number of benzene rings is 2. The Morgan fingerprint density at radius 3 is 2.69 bits per heavy atom. The van der Waals surface area contributed by atoms with Crippen LogP contribution < -0.4 is 20.8 Å². The van der Waals surface area contributed by atoms with Gasteiger partial charge in [-0.05, 0) is 67.3 Å². The first-order chi connectivity index (χ1) is 15.5. The van der Waals surface area contributed by atoms with Crippen LogP contribution in [0.3, 0.4) is 0 Å². The van der Waals surface area contributed by atoms with E-state index in [1.54, 1.807) is 24.3 Å². The summed E-state index contributed by atoms with van der Waals surface area (Å²) in [6.45, 7) is 2.81. The van der Waals surface area contributed by atoms with E-state index in [9.17, 15) is 14.4 Å². The molecular formula is C23H26N4O5. The lowest BCUT2D eigenvalue weighted by Gasteiger charge is -2.09. The Bertz CT molecular complexity index is 969. The van der Waals surface area contributed by atoms with Crippen molar-refractivity contribution in [3.8, 4) is 5.75 Å². The molecule has 1 fully saturated rings. The zero-order valence-electron chi connectivity index (χ0n) is 17.8. The Labute approximate surface area is 186 Å². The third-order valence-electron chi connectivity index (χ3n) is 4.65. The number of rotatable bonds is 8. The molecule has 3 amide bonds. The molecule has 0 radical (unpaired) electrons. The topological polar surface area (TPSA) is 118 Å². The van der Waals surface area contributed by atoms with Crippen LogP contribution in [0.2, 0.25) is 0 Å². The first-order valence-corrected chi connectivity index (χ1v) is 10.3. The molecule has 1 aliphatic rings. The highest BCUT2D eigenvalue weighted by Gasteiger charge is 2.18. The normalized spacial score (nSPS) is 15.3. The number of hydrogen-bond donors (Lipinski definition) is 3. The predicted octanol–water partition coefficient (Wildman–Crippen LogP) is 1.76. The van der Waals surface area contributed by atoms with Gasteiger partial charge in [-0.3, -0.25) is 14.4 Å². The molecule has 0 unspecified atom stereocenters. The molecule has 1 heterocycles. The second kappa shape index (κ2) is 11.6. The molecule has 0 aliphatic carbocycles. The van der Waals surface area contributed by atoms with Crippen LogP contribution in [-0.2, 0) is 19.1 Å². The van der Waals surface area contributed by atoms with Gasteiger partial charge in [0.1, 0.15) is 5.75 Å². The number of carbonyl (C=O) groups is 3.